The number of para-hydroxylation sites is 1. The normalized spacial score (nSPS) is 10.2. The van der Waals surface area contributed by atoms with E-state index < -0.39 is 0 Å². The van der Waals surface area contributed by atoms with Crippen LogP contribution in [-0.2, 0) is 9.53 Å². The molecule has 0 saturated heterocycles. The highest BCUT2D eigenvalue weighted by Crippen LogP contribution is 2.08. The molecule has 3 heteroatoms. The van der Waals surface area contributed by atoms with Crippen molar-refractivity contribution in [3.63, 3.8) is 0 Å². The van der Waals surface area contributed by atoms with Crippen molar-refractivity contribution < 1.29 is 14.3 Å². The van der Waals surface area contributed by atoms with Gasteiger partial charge in [-0.05, 0) is 12.1 Å². The van der Waals surface area contributed by atoms with Crippen molar-refractivity contribution in [3.8, 4) is 5.75 Å². The number of ether oxygens (including phenoxy) is 2. The molecular weight excluding hydrogens is 204 g/mol. The van der Waals surface area contributed by atoms with Crippen molar-refractivity contribution in [2.24, 2.45) is 5.92 Å². The standard InChI is InChI=1S/C13H18O3/c1-11(2)13(14)16-10-6-9-15-12-7-4-3-5-8-12/h3-5,7-8,11H,6,9-10H2,1-2H3. The molecule has 0 fully saturated rings. The van der Waals surface area contributed by atoms with Crippen LogP contribution in [-0.4, -0.2) is 19.2 Å². The van der Waals surface area contributed by atoms with Crippen LogP contribution in [0.5, 0.6) is 5.75 Å². The number of carbonyl (C=O) groups is 1. The van der Waals surface area contributed by atoms with E-state index in [-0.39, 0.29) is 11.9 Å². The van der Waals surface area contributed by atoms with Crippen LogP contribution in [0.2, 0.25) is 0 Å². The van der Waals surface area contributed by atoms with Gasteiger partial charge in [-0.1, -0.05) is 32.0 Å². The Bertz CT molecular complexity index is 306. The molecule has 88 valence electrons. The van der Waals surface area contributed by atoms with Gasteiger partial charge in [-0.15, -0.1) is 0 Å². The molecule has 0 atom stereocenters. The molecule has 0 bridgehead atoms. The summed E-state index contributed by atoms with van der Waals surface area (Å²) in [6.45, 7) is 4.63. The molecule has 1 aromatic rings. The zero-order valence-corrected chi connectivity index (χ0v) is 9.81. The van der Waals surface area contributed by atoms with Crippen LogP contribution in [0.1, 0.15) is 20.3 Å². The van der Waals surface area contributed by atoms with Gasteiger partial charge >= 0.3 is 5.97 Å². The lowest BCUT2D eigenvalue weighted by Crippen LogP contribution is -2.13. The van der Waals surface area contributed by atoms with E-state index in [2.05, 4.69) is 0 Å². The van der Waals surface area contributed by atoms with Gasteiger partial charge in [0.2, 0.25) is 0 Å². The average molecular weight is 222 g/mol. The molecular formula is C13H18O3. The van der Waals surface area contributed by atoms with Gasteiger partial charge in [0, 0.05) is 6.42 Å². The molecule has 3 nitrogen and oxygen atoms in total. The van der Waals surface area contributed by atoms with Gasteiger partial charge < -0.3 is 9.47 Å². The van der Waals surface area contributed by atoms with Gasteiger partial charge in [-0.25, -0.2) is 0 Å². The van der Waals surface area contributed by atoms with E-state index >= 15 is 0 Å². The Morgan fingerprint density at radius 1 is 1.19 bits per heavy atom. The summed E-state index contributed by atoms with van der Waals surface area (Å²) in [5.74, 6) is 0.632. The number of esters is 1. The largest absolute Gasteiger partial charge is 0.493 e. The second-order valence-corrected chi connectivity index (χ2v) is 3.84. The average Bonchev–Trinajstić information content (AvgIpc) is 2.29. The third-order valence-electron chi connectivity index (χ3n) is 2.02. The van der Waals surface area contributed by atoms with Crippen molar-refractivity contribution in [2.45, 2.75) is 20.3 Å². The molecule has 0 aliphatic rings. The van der Waals surface area contributed by atoms with Gasteiger partial charge in [0.25, 0.3) is 0 Å². The van der Waals surface area contributed by atoms with Crippen molar-refractivity contribution in [2.75, 3.05) is 13.2 Å². The predicted octanol–water partition coefficient (Wildman–Crippen LogP) is 2.65. The second-order valence-electron chi connectivity index (χ2n) is 3.84. The van der Waals surface area contributed by atoms with Crippen molar-refractivity contribution >= 4 is 5.97 Å². The Hall–Kier alpha value is -1.51. The molecule has 0 saturated carbocycles. The van der Waals surface area contributed by atoms with E-state index in [0.717, 1.165) is 5.75 Å². The molecule has 0 radical (unpaired) electrons. The maximum Gasteiger partial charge on any atom is 0.308 e. The molecule has 0 amide bonds. The summed E-state index contributed by atoms with van der Waals surface area (Å²) in [5.41, 5.74) is 0. The molecule has 0 unspecified atom stereocenters. The van der Waals surface area contributed by atoms with Crippen LogP contribution in [0.25, 0.3) is 0 Å². The Morgan fingerprint density at radius 2 is 1.88 bits per heavy atom. The van der Waals surface area contributed by atoms with E-state index in [1.54, 1.807) is 0 Å². The monoisotopic (exact) mass is 222 g/mol. The zero-order chi connectivity index (χ0) is 11.8. The van der Waals surface area contributed by atoms with Crippen molar-refractivity contribution in [1.82, 2.24) is 0 Å². The van der Waals surface area contributed by atoms with E-state index in [9.17, 15) is 4.79 Å². The number of hydrogen-bond donors (Lipinski definition) is 0. The SMILES string of the molecule is CC(C)C(=O)OCCCOc1ccccc1. The van der Waals surface area contributed by atoms with E-state index in [1.165, 1.54) is 0 Å². The molecule has 16 heavy (non-hydrogen) atoms. The summed E-state index contributed by atoms with van der Waals surface area (Å²) in [6, 6.07) is 9.60. The Labute approximate surface area is 96.4 Å². The quantitative estimate of drug-likeness (QED) is 0.548. The summed E-state index contributed by atoms with van der Waals surface area (Å²) >= 11 is 0. The number of carbonyl (C=O) groups excluding carboxylic acids is 1. The summed E-state index contributed by atoms with van der Waals surface area (Å²) < 4.78 is 10.5. The molecule has 0 N–H and O–H groups in total. The molecule has 1 rings (SSSR count). The van der Waals surface area contributed by atoms with Crippen molar-refractivity contribution in [3.05, 3.63) is 30.3 Å². The first-order chi connectivity index (χ1) is 7.70. The van der Waals surface area contributed by atoms with Gasteiger partial charge in [-0.2, -0.15) is 0 Å². The van der Waals surface area contributed by atoms with Crippen molar-refractivity contribution in [1.29, 1.82) is 0 Å². The summed E-state index contributed by atoms with van der Waals surface area (Å²) in [6.07, 6.45) is 0.716. The fourth-order valence-electron chi connectivity index (χ4n) is 1.11. The third-order valence-corrected chi connectivity index (χ3v) is 2.02. The van der Waals surface area contributed by atoms with Gasteiger partial charge in [0.05, 0.1) is 19.1 Å². The molecule has 0 aromatic heterocycles. The maximum absolute atomic E-state index is 11.1. The Balaban J connectivity index is 2.07. The topological polar surface area (TPSA) is 35.5 Å². The van der Waals surface area contributed by atoms with Crippen LogP contribution >= 0.6 is 0 Å². The van der Waals surface area contributed by atoms with Crippen LogP contribution in [0.15, 0.2) is 30.3 Å². The van der Waals surface area contributed by atoms with Crippen LogP contribution in [0, 0.1) is 5.92 Å². The Kier molecular flexibility index (Phi) is 5.40. The highest BCUT2D eigenvalue weighted by atomic mass is 16.5. The van der Waals surface area contributed by atoms with Crippen LogP contribution in [0.3, 0.4) is 0 Å². The van der Waals surface area contributed by atoms with Gasteiger partial charge in [0.15, 0.2) is 0 Å². The summed E-state index contributed by atoms with van der Waals surface area (Å²) in [5, 5.41) is 0. The van der Waals surface area contributed by atoms with E-state index in [0.29, 0.717) is 19.6 Å². The third kappa shape index (κ3) is 4.82. The summed E-state index contributed by atoms with van der Waals surface area (Å²) in [7, 11) is 0. The fraction of sp³-hybridized carbons (Fsp3) is 0.462. The van der Waals surface area contributed by atoms with Gasteiger partial charge in [-0.3, -0.25) is 4.79 Å². The first kappa shape index (κ1) is 12.6. The minimum Gasteiger partial charge on any atom is -0.493 e. The molecule has 0 aliphatic carbocycles. The lowest BCUT2D eigenvalue weighted by atomic mass is 10.2. The lowest BCUT2D eigenvalue weighted by Gasteiger charge is -2.08. The predicted molar refractivity (Wildman–Crippen MR) is 62.4 cm³/mol. The molecule has 0 aliphatic heterocycles. The van der Waals surface area contributed by atoms with Crippen LogP contribution in [0.4, 0.5) is 0 Å². The second kappa shape index (κ2) is 6.88. The van der Waals surface area contributed by atoms with Gasteiger partial charge in [0.1, 0.15) is 5.75 Å². The summed E-state index contributed by atoms with van der Waals surface area (Å²) in [4.78, 5) is 11.1. The minimum atomic E-state index is -0.153. The minimum absolute atomic E-state index is 0.0601. The van der Waals surface area contributed by atoms with E-state index in [4.69, 9.17) is 9.47 Å². The fourth-order valence-corrected chi connectivity index (χ4v) is 1.11. The lowest BCUT2D eigenvalue weighted by molar-refractivity contribution is -0.147. The van der Waals surface area contributed by atoms with Crippen LogP contribution < -0.4 is 4.74 Å². The highest BCUT2D eigenvalue weighted by molar-refractivity contribution is 5.71. The number of benzene rings is 1. The Morgan fingerprint density at radius 3 is 2.50 bits per heavy atom. The highest BCUT2D eigenvalue weighted by Gasteiger charge is 2.07. The smallest absolute Gasteiger partial charge is 0.308 e. The molecule has 0 spiro atoms. The first-order valence-corrected chi connectivity index (χ1v) is 5.54. The van der Waals surface area contributed by atoms with E-state index in [1.807, 2.05) is 44.2 Å². The number of rotatable bonds is 6. The number of hydrogen-bond acceptors (Lipinski definition) is 3. The zero-order valence-electron chi connectivity index (χ0n) is 9.81. The molecule has 0 heterocycles. The maximum atomic E-state index is 11.1. The molecule has 1 aromatic carbocycles. The first-order valence-electron chi connectivity index (χ1n) is 5.54.